The molecular formula is C14H29N3O2. The van der Waals surface area contributed by atoms with Crippen molar-refractivity contribution >= 4 is 11.8 Å². The summed E-state index contributed by atoms with van der Waals surface area (Å²) in [5.41, 5.74) is 5.34. The molecule has 1 atom stereocenters. The molecule has 0 saturated heterocycles. The Kier molecular flexibility index (Phi) is 8.39. The molecule has 0 aliphatic rings. The lowest BCUT2D eigenvalue weighted by Crippen LogP contribution is -2.55. The maximum atomic E-state index is 11.8. The van der Waals surface area contributed by atoms with Crippen LogP contribution in [0.5, 0.6) is 0 Å². The molecule has 4 N–H and O–H groups in total. The molecule has 0 aromatic rings. The van der Waals surface area contributed by atoms with E-state index in [0.717, 1.165) is 6.42 Å². The maximum absolute atomic E-state index is 11.8. The van der Waals surface area contributed by atoms with Crippen molar-refractivity contribution in [3.8, 4) is 0 Å². The van der Waals surface area contributed by atoms with E-state index >= 15 is 0 Å². The van der Waals surface area contributed by atoms with E-state index in [-0.39, 0.29) is 23.3 Å². The third-order valence-electron chi connectivity index (χ3n) is 3.50. The number of amides is 2. The molecule has 0 aliphatic heterocycles. The first-order valence-electron chi connectivity index (χ1n) is 7.13. The largest absolute Gasteiger partial charge is 0.356 e. The van der Waals surface area contributed by atoms with Crippen LogP contribution in [0.15, 0.2) is 0 Å². The molecule has 5 heteroatoms. The molecule has 0 radical (unpaired) electrons. The van der Waals surface area contributed by atoms with Gasteiger partial charge < -0.3 is 16.4 Å². The summed E-state index contributed by atoms with van der Waals surface area (Å²) in [6.45, 7) is 9.13. The summed E-state index contributed by atoms with van der Waals surface area (Å²) in [4.78, 5) is 23.2. The molecular weight excluding hydrogens is 242 g/mol. The zero-order chi connectivity index (χ0) is 14.9. The van der Waals surface area contributed by atoms with Crippen LogP contribution in [-0.2, 0) is 9.59 Å². The van der Waals surface area contributed by atoms with Gasteiger partial charge in [0.1, 0.15) is 0 Å². The predicted molar refractivity (Wildman–Crippen MR) is 77.6 cm³/mol. The van der Waals surface area contributed by atoms with E-state index in [9.17, 15) is 9.59 Å². The molecule has 5 nitrogen and oxygen atoms in total. The van der Waals surface area contributed by atoms with Crippen molar-refractivity contribution in [2.45, 2.75) is 58.9 Å². The van der Waals surface area contributed by atoms with Gasteiger partial charge in [0.15, 0.2) is 0 Å². The van der Waals surface area contributed by atoms with Crippen LogP contribution in [0.1, 0.15) is 53.4 Å². The summed E-state index contributed by atoms with van der Waals surface area (Å²) < 4.78 is 0. The zero-order valence-corrected chi connectivity index (χ0v) is 12.7. The van der Waals surface area contributed by atoms with Crippen molar-refractivity contribution < 1.29 is 9.59 Å². The Labute approximate surface area is 116 Å². The molecule has 0 aromatic carbocycles. The van der Waals surface area contributed by atoms with Crippen LogP contribution in [0, 0.1) is 5.92 Å². The molecule has 1 unspecified atom stereocenters. The van der Waals surface area contributed by atoms with Crippen molar-refractivity contribution in [2.24, 2.45) is 11.7 Å². The quantitative estimate of drug-likeness (QED) is 0.588. The van der Waals surface area contributed by atoms with E-state index in [4.69, 9.17) is 5.73 Å². The van der Waals surface area contributed by atoms with Gasteiger partial charge in [-0.2, -0.15) is 0 Å². The molecule has 0 saturated carbocycles. The standard InChI is InChI=1S/C14H29N3O2/c1-5-9-16-12(18)7-6-8-13(19)17-14(4,10-15)11(2)3/h11H,5-10,15H2,1-4H3,(H,16,18)(H,17,19). The van der Waals surface area contributed by atoms with Crippen LogP contribution < -0.4 is 16.4 Å². The second kappa shape index (κ2) is 8.91. The van der Waals surface area contributed by atoms with Gasteiger partial charge in [-0.25, -0.2) is 0 Å². The first-order chi connectivity index (χ1) is 8.85. The molecule has 0 aromatic heterocycles. The molecule has 19 heavy (non-hydrogen) atoms. The minimum absolute atomic E-state index is 0.0140. The fraction of sp³-hybridized carbons (Fsp3) is 0.857. The highest BCUT2D eigenvalue weighted by Gasteiger charge is 2.28. The lowest BCUT2D eigenvalue weighted by atomic mass is 9.88. The van der Waals surface area contributed by atoms with Crippen molar-refractivity contribution in [1.29, 1.82) is 0 Å². The maximum Gasteiger partial charge on any atom is 0.220 e. The number of carbonyl (C=O) groups excluding carboxylic acids is 2. The molecule has 0 spiro atoms. The van der Waals surface area contributed by atoms with Gasteiger partial charge in [0, 0.05) is 25.9 Å². The van der Waals surface area contributed by atoms with Crippen molar-refractivity contribution in [1.82, 2.24) is 10.6 Å². The van der Waals surface area contributed by atoms with Gasteiger partial charge in [-0.05, 0) is 25.7 Å². The van der Waals surface area contributed by atoms with Gasteiger partial charge in [-0.15, -0.1) is 0 Å². The normalized spacial score (nSPS) is 14.0. The zero-order valence-electron chi connectivity index (χ0n) is 12.7. The molecule has 112 valence electrons. The predicted octanol–water partition coefficient (Wildman–Crippen LogP) is 1.17. The van der Waals surface area contributed by atoms with Gasteiger partial charge in [-0.1, -0.05) is 20.8 Å². The molecule has 0 heterocycles. The first kappa shape index (κ1) is 17.9. The minimum atomic E-state index is -0.373. The van der Waals surface area contributed by atoms with E-state index < -0.39 is 0 Å². The molecule has 0 bridgehead atoms. The number of nitrogens with one attached hydrogen (secondary N) is 2. The van der Waals surface area contributed by atoms with Crippen LogP contribution in [0.4, 0.5) is 0 Å². The van der Waals surface area contributed by atoms with Crippen LogP contribution in [0.3, 0.4) is 0 Å². The highest BCUT2D eigenvalue weighted by molar-refractivity contribution is 5.79. The Balaban J connectivity index is 3.96. The number of carbonyl (C=O) groups is 2. The monoisotopic (exact) mass is 271 g/mol. The average Bonchev–Trinajstić information content (AvgIpc) is 2.35. The molecule has 2 amide bonds. The summed E-state index contributed by atoms with van der Waals surface area (Å²) in [5, 5.41) is 5.76. The van der Waals surface area contributed by atoms with Gasteiger partial charge in [0.25, 0.3) is 0 Å². The van der Waals surface area contributed by atoms with Crippen molar-refractivity contribution in [3.05, 3.63) is 0 Å². The van der Waals surface area contributed by atoms with E-state index in [1.54, 1.807) is 0 Å². The van der Waals surface area contributed by atoms with E-state index in [1.807, 2.05) is 27.7 Å². The summed E-state index contributed by atoms with van der Waals surface area (Å²) >= 11 is 0. The number of nitrogens with two attached hydrogens (primary N) is 1. The van der Waals surface area contributed by atoms with E-state index in [2.05, 4.69) is 10.6 Å². The van der Waals surface area contributed by atoms with Gasteiger partial charge in [-0.3, -0.25) is 9.59 Å². The van der Waals surface area contributed by atoms with Crippen LogP contribution in [0.25, 0.3) is 0 Å². The lowest BCUT2D eigenvalue weighted by molar-refractivity contribution is -0.123. The molecule has 0 aliphatic carbocycles. The number of hydrogen-bond acceptors (Lipinski definition) is 3. The van der Waals surface area contributed by atoms with E-state index in [0.29, 0.717) is 32.4 Å². The SMILES string of the molecule is CCCNC(=O)CCCC(=O)NC(C)(CN)C(C)C. The average molecular weight is 271 g/mol. The topological polar surface area (TPSA) is 84.2 Å². The molecule has 0 fully saturated rings. The lowest BCUT2D eigenvalue weighted by Gasteiger charge is -2.33. The Morgan fingerprint density at radius 2 is 1.79 bits per heavy atom. The van der Waals surface area contributed by atoms with Gasteiger partial charge in [0.05, 0.1) is 5.54 Å². The number of rotatable bonds is 9. The van der Waals surface area contributed by atoms with Crippen LogP contribution >= 0.6 is 0 Å². The fourth-order valence-corrected chi connectivity index (χ4v) is 1.57. The Bertz CT molecular complexity index is 292. The van der Waals surface area contributed by atoms with E-state index in [1.165, 1.54) is 0 Å². The summed E-state index contributed by atoms with van der Waals surface area (Å²) in [5.74, 6) is 0.249. The van der Waals surface area contributed by atoms with Gasteiger partial charge >= 0.3 is 0 Å². The highest BCUT2D eigenvalue weighted by atomic mass is 16.2. The summed E-state index contributed by atoms with van der Waals surface area (Å²) in [6, 6.07) is 0. The van der Waals surface area contributed by atoms with Crippen molar-refractivity contribution in [3.63, 3.8) is 0 Å². The second-order valence-electron chi connectivity index (χ2n) is 5.53. The Morgan fingerprint density at radius 3 is 2.26 bits per heavy atom. The fourth-order valence-electron chi connectivity index (χ4n) is 1.57. The first-order valence-corrected chi connectivity index (χ1v) is 7.13. The van der Waals surface area contributed by atoms with Gasteiger partial charge in [0.2, 0.25) is 11.8 Å². The minimum Gasteiger partial charge on any atom is -0.356 e. The Morgan fingerprint density at radius 1 is 1.21 bits per heavy atom. The van der Waals surface area contributed by atoms with Crippen LogP contribution in [-0.4, -0.2) is 30.4 Å². The summed E-state index contributed by atoms with van der Waals surface area (Å²) in [7, 11) is 0. The van der Waals surface area contributed by atoms with Crippen LogP contribution in [0.2, 0.25) is 0 Å². The molecule has 0 rings (SSSR count). The highest BCUT2D eigenvalue weighted by Crippen LogP contribution is 2.15. The Hall–Kier alpha value is -1.10. The van der Waals surface area contributed by atoms with Crippen molar-refractivity contribution in [2.75, 3.05) is 13.1 Å². The third kappa shape index (κ3) is 7.15. The number of hydrogen-bond donors (Lipinski definition) is 3. The third-order valence-corrected chi connectivity index (χ3v) is 3.50. The smallest absolute Gasteiger partial charge is 0.220 e. The second-order valence-corrected chi connectivity index (χ2v) is 5.53. The summed E-state index contributed by atoms with van der Waals surface area (Å²) in [6.07, 6.45) is 2.26.